The van der Waals surface area contributed by atoms with Gasteiger partial charge in [0.2, 0.25) is 0 Å². The number of amides is 1. The van der Waals surface area contributed by atoms with Crippen molar-refractivity contribution in [2.75, 3.05) is 13.7 Å². The van der Waals surface area contributed by atoms with Crippen molar-refractivity contribution in [2.45, 2.75) is 13.0 Å². The van der Waals surface area contributed by atoms with Crippen molar-refractivity contribution in [3.63, 3.8) is 0 Å². The first-order chi connectivity index (χ1) is 11.9. The van der Waals surface area contributed by atoms with Crippen LogP contribution in [0, 0.1) is 0 Å². The lowest BCUT2D eigenvalue weighted by molar-refractivity contribution is -0.123. The highest BCUT2D eigenvalue weighted by molar-refractivity contribution is 9.10. The highest BCUT2D eigenvalue weighted by Gasteiger charge is 2.13. The summed E-state index contributed by atoms with van der Waals surface area (Å²) in [4.78, 5) is 23.5. The second kappa shape index (κ2) is 9.01. The molecule has 0 aliphatic rings. The van der Waals surface area contributed by atoms with E-state index in [2.05, 4.69) is 41.9 Å². The van der Waals surface area contributed by atoms with Crippen molar-refractivity contribution in [3.05, 3.63) is 62.5 Å². The van der Waals surface area contributed by atoms with Gasteiger partial charge >= 0.3 is 5.97 Å². The van der Waals surface area contributed by atoms with Gasteiger partial charge in [0, 0.05) is 4.47 Å². The highest BCUT2D eigenvalue weighted by atomic mass is 79.9. The molecule has 0 bridgehead atoms. The smallest absolute Gasteiger partial charge is 0.337 e. The number of carbonyl (C=O) groups excluding carboxylic acids is 2. The van der Waals surface area contributed by atoms with E-state index < -0.39 is 5.97 Å². The number of hydrogen-bond donors (Lipinski definition) is 1. The van der Waals surface area contributed by atoms with Gasteiger partial charge in [-0.2, -0.15) is 0 Å². The summed E-state index contributed by atoms with van der Waals surface area (Å²) in [6.07, 6.45) is 0. The molecule has 2 rings (SSSR count). The van der Waals surface area contributed by atoms with E-state index in [9.17, 15) is 9.59 Å². The first kappa shape index (κ1) is 19.5. The molecule has 132 valence electrons. The third-order valence-corrected chi connectivity index (χ3v) is 4.61. The van der Waals surface area contributed by atoms with Crippen LogP contribution in [-0.2, 0) is 9.53 Å². The number of nitrogens with one attached hydrogen (secondary N) is 1. The van der Waals surface area contributed by atoms with Gasteiger partial charge in [0.25, 0.3) is 5.91 Å². The molecular formula is C18H17Br2NO4. The number of esters is 1. The van der Waals surface area contributed by atoms with Gasteiger partial charge in [-0.05, 0) is 58.7 Å². The van der Waals surface area contributed by atoms with Crippen LogP contribution in [0.15, 0.2) is 51.4 Å². The first-order valence-corrected chi connectivity index (χ1v) is 9.05. The lowest BCUT2D eigenvalue weighted by Gasteiger charge is -2.15. The summed E-state index contributed by atoms with van der Waals surface area (Å²) >= 11 is 6.70. The van der Waals surface area contributed by atoms with Crippen molar-refractivity contribution in [3.8, 4) is 5.75 Å². The summed E-state index contributed by atoms with van der Waals surface area (Å²) in [5, 5.41) is 2.88. The Morgan fingerprint density at radius 1 is 1.12 bits per heavy atom. The van der Waals surface area contributed by atoms with Gasteiger partial charge in [-0.3, -0.25) is 4.79 Å². The molecule has 1 atom stereocenters. The Morgan fingerprint density at radius 2 is 1.80 bits per heavy atom. The van der Waals surface area contributed by atoms with Crippen LogP contribution in [0.3, 0.4) is 0 Å². The van der Waals surface area contributed by atoms with Crippen LogP contribution in [0.2, 0.25) is 0 Å². The summed E-state index contributed by atoms with van der Waals surface area (Å²) in [6, 6.07) is 12.4. The zero-order valence-corrected chi connectivity index (χ0v) is 16.9. The number of ether oxygens (including phenoxy) is 2. The lowest BCUT2D eigenvalue weighted by Crippen LogP contribution is -2.31. The van der Waals surface area contributed by atoms with Crippen molar-refractivity contribution >= 4 is 43.7 Å². The van der Waals surface area contributed by atoms with Gasteiger partial charge in [0.15, 0.2) is 6.61 Å². The van der Waals surface area contributed by atoms with Gasteiger partial charge < -0.3 is 14.8 Å². The number of rotatable bonds is 6. The van der Waals surface area contributed by atoms with E-state index in [1.54, 1.807) is 18.2 Å². The molecular weight excluding hydrogens is 454 g/mol. The lowest BCUT2D eigenvalue weighted by atomic mass is 10.1. The summed E-state index contributed by atoms with van der Waals surface area (Å²) in [7, 11) is 1.32. The third kappa shape index (κ3) is 5.57. The molecule has 5 nitrogen and oxygen atoms in total. The molecule has 0 aliphatic carbocycles. The van der Waals surface area contributed by atoms with Crippen molar-refractivity contribution in [1.82, 2.24) is 5.32 Å². The molecule has 2 aromatic carbocycles. The molecule has 25 heavy (non-hydrogen) atoms. The van der Waals surface area contributed by atoms with Crippen molar-refractivity contribution < 1.29 is 19.1 Å². The molecule has 0 aliphatic heterocycles. The van der Waals surface area contributed by atoms with Crippen LogP contribution in [0.25, 0.3) is 0 Å². The van der Waals surface area contributed by atoms with E-state index in [4.69, 9.17) is 4.74 Å². The van der Waals surface area contributed by atoms with E-state index >= 15 is 0 Å². The second-order valence-electron chi connectivity index (χ2n) is 5.27. The van der Waals surface area contributed by atoms with Crippen molar-refractivity contribution in [1.29, 1.82) is 0 Å². The van der Waals surface area contributed by atoms with E-state index in [1.165, 1.54) is 7.11 Å². The fourth-order valence-corrected chi connectivity index (χ4v) is 2.88. The average molecular weight is 471 g/mol. The number of halogens is 2. The molecule has 0 fully saturated rings. The fourth-order valence-electron chi connectivity index (χ4n) is 2.12. The maximum Gasteiger partial charge on any atom is 0.337 e. The van der Waals surface area contributed by atoms with Gasteiger partial charge in [0.05, 0.1) is 23.2 Å². The number of carbonyl (C=O) groups is 2. The number of methoxy groups -OCH3 is 1. The van der Waals surface area contributed by atoms with Crippen LogP contribution in [0.1, 0.15) is 28.9 Å². The highest BCUT2D eigenvalue weighted by Crippen LogP contribution is 2.26. The third-order valence-electron chi connectivity index (χ3n) is 3.46. The molecule has 7 heteroatoms. The maximum absolute atomic E-state index is 12.1. The van der Waals surface area contributed by atoms with Crippen molar-refractivity contribution in [2.24, 2.45) is 0 Å². The van der Waals surface area contributed by atoms with E-state index in [1.807, 2.05) is 31.2 Å². The zero-order chi connectivity index (χ0) is 18.4. The van der Waals surface area contributed by atoms with Crippen LogP contribution >= 0.6 is 31.9 Å². The molecule has 2 aromatic rings. The standard InChI is InChI=1S/C18H17Br2NO4/c1-11(12-3-6-14(19)7-4-12)21-17(22)10-25-16-8-5-13(9-15(16)20)18(23)24-2/h3-9,11H,10H2,1-2H3,(H,21,22). The van der Waals surface area contributed by atoms with Gasteiger partial charge in [-0.1, -0.05) is 28.1 Å². The summed E-state index contributed by atoms with van der Waals surface area (Å²) in [6.45, 7) is 1.78. The Kier molecular flexibility index (Phi) is 7.01. The minimum Gasteiger partial charge on any atom is -0.483 e. The SMILES string of the molecule is COC(=O)c1ccc(OCC(=O)NC(C)c2ccc(Br)cc2)c(Br)c1. The Labute approximate surface area is 163 Å². The minimum atomic E-state index is -0.437. The minimum absolute atomic E-state index is 0.128. The van der Waals surface area contributed by atoms with Gasteiger partial charge in [0.1, 0.15) is 5.75 Å². The Hall–Kier alpha value is -1.86. The van der Waals surface area contributed by atoms with Gasteiger partial charge in [-0.25, -0.2) is 4.79 Å². The van der Waals surface area contributed by atoms with E-state index in [0.717, 1.165) is 10.0 Å². The molecule has 0 saturated carbocycles. The molecule has 0 heterocycles. The molecule has 0 aromatic heterocycles. The predicted molar refractivity (Wildman–Crippen MR) is 102 cm³/mol. The van der Waals surface area contributed by atoms with Crippen LogP contribution in [0.4, 0.5) is 0 Å². The van der Waals surface area contributed by atoms with Crippen LogP contribution in [0.5, 0.6) is 5.75 Å². The van der Waals surface area contributed by atoms with Crippen LogP contribution in [-0.4, -0.2) is 25.6 Å². The number of benzene rings is 2. The fraction of sp³-hybridized carbons (Fsp3) is 0.222. The zero-order valence-electron chi connectivity index (χ0n) is 13.7. The Balaban J connectivity index is 1.91. The normalized spacial score (nSPS) is 11.5. The summed E-state index contributed by atoms with van der Waals surface area (Å²) < 4.78 is 11.7. The first-order valence-electron chi connectivity index (χ1n) is 7.46. The molecule has 0 saturated heterocycles. The molecule has 1 amide bonds. The second-order valence-corrected chi connectivity index (χ2v) is 7.04. The molecule has 1 N–H and O–H groups in total. The molecule has 0 radical (unpaired) electrons. The topological polar surface area (TPSA) is 64.6 Å². The summed E-state index contributed by atoms with van der Waals surface area (Å²) in [5.41, 5.74) is 1.40. The number of hydrogen-bond acceptors (Lipinski definition) is 4. The molecule has 0 spiro atoms. The van der Waals surface area contributed by atoms with Gasteiger partial charge in [-0.15, -0.1) is 0 Å². The van der Waals surface area contributed by atoms with Crippen LogP contribution < -0.4 is 10.1 Å². The monoisotopic (exact) mass is 469 g/mol. The molecule has 1 unspecified atom stereocenters. The predicted octanol–water partition coefficient (Wildman–Crippen LogP) is 4.25. The Morgan fingerprint density at radius 3 is 2.40 bits per heavy atom. The Bertz CT molecular complexity index is 762. The van der Waals surface area contributed by atoms with E-state index in [-0.39, 0.29) is 18.6 Å². The average Bonchev–Trinajstić information content (AvgIpc) is 2.60. The summed E-state index contributed by atoms with van der Waals surface area (Å²) in [5.74, 6) is -0.202. The quantitative estimate of drug-likeness (QED) is 0.641. The van der Waals surface area contributed by atoms with E-state index in [0.29, 0.717) is 15.8 Å². The maximum atomic E-state index is 12.1. The largest absolute Gasteiger partial charge is 0.483 e.